The molecule has 122 valence electrons. The van der Waals surface area contributed by atoms with Crippen LogP contribution in [-0.4, -0.2) is 39.5 Å². The van der Waals surface area contributed by atoms with Crippen molar-refractivity contribution in [1.29, 1.82) is 0 Å². The summed E-state index contributed by atoms with van der Waals surface area (Å²) in [5.41, 5.74) is 2.13. The summed E-state index contributed by atoms with van der Waals surface area (Å²) in [4.78, 5) is 23.6. The van der Waals surface area contributed by atoms with Crippen molar-refractivity contribution in [3.05, 3.63) is 35.1 Å². The zero-order chi connectivity index (χ0) is 16.4. The Morgan fingerprint density at radius 3 is 3.04 bits per heavy atom. The summed E-state index contributed by atoms with van der Waals surface area (Å²) in [7, 11) is 1.80. The van der Waals surface area contributed by atoms with Gasteiger partial charge in [-0.15, -0.1) is 0 Å². The van der Waals surface area contributed by atoms with E-state index in [1.807, 2.05) is 11.8 Å². The van der Waals surface area contributed by atoms with E-state index in [9.17, 15) is 4.79 Å². The molecule has 0 unspecified atom stereocenters. The average Bonchev–Trinajstić information content (AvgIpc) is 3.20. The Labute approximate surface area is 135 Å². The Morgan fingerprint density at radius 1 is 1.48 bits per heavy atom. The first-order chi connectivity index (χ1) is 11.2. The van der Waals surface area contributed by atoms with Gasteiger partial charge in [0.05, 0.1) is 29.8 Å². The molecule has 1 N–H and O–H groups in total. The van der Waals surface area contributed by atoms with E-state index in [-0.39, 0.29) is 11.9 Å². The van der Waals surface area contributed by atoms with Crippen molar-refractivity contribution in [2.24, 2.45) is 0 Å². The van der Waals surface area contributed by atoms with Crippen LogP contribution in [-0.2, 0) is 6.42 Å². The molecule has 0 aliphatic carbocycles. The third-order valence-electron chi connectivity index (χ3n) is 4.25. The maximum Gasteiger partial charge on any atom is 0.259 e. The fraction of sp³-hybridized carbons (Fsp3) is 0.500. The van der Waals surface area contributed by atoms with Crippen molar-refractivity contribution in [3.8, 4) is 0 Å². The van der Waals surface area contributed by atoms with E-state index in [1.165, 1.54) is 0 Å². The Bertz CT molecular complexity index is 712. The molecule has 1 fully saturated rings. The summed E-state index contributed by atoms with van der Waals surface area (Å²) < 4.78 is 5.21. The molecule has 0 bridgehead atoms. The number of nitrogens with one attached hydrogen (secondary N) is 1. The summed E-state index contributed by atoms with van der Waals surface area (Å²) in [5, 5.41) is 6.98. The van der Waals surface area contributed by atoms with E-state index in [1.54, 1.807) is 26.4 Å². The summed E-state index contributed by atoms with van der Waals surface area (Å²) in [6, 6.07) is -0.0534. The molecule has 2 aromatic rings. The second-order valence-corrected chi connectivity index (χ2v) is 5.65. The monoisotopic (exact) mass is 315 g/mol. The minimum atomic E-state index is -0.0534. The van der Waals surface area contributed by atoms with Gasteiger partial charge < -0.3 is 14.7 Å². The molecule has 0 radical (unpaired) electrons. The minimum absolute atomic E-state index is 0.0280. The lowest BCUT2D eigenvalue weighted by atomic mass is 10.1. The van der Waals surface area contributed by atoms with Crippen molar-refractivity contribution in [2.45, 2.75) is 39.2 Å². The Hall–Kier alpha value is -2.44. The molecule has 1 atom stereocenters. The summed E-state index contributed by atoms with van der Waals surface area (Å²) >= 11 is 0. The lowest BCUT2D eigenvalue weighted by Gasteiger charge is -2.24. The minimum Gasteiger partial charge on any atom is -0.372 e. The molecule has 0 saturated carbocycles. The third kappa shape index (κ3) is 2.78. The second-order valence-electron chi connectivity index (χ2n) is 5.65. The van der Waals surface area contributed by atoms with E-state index < -0.39 is 0 Å². The highest BCUT2D eigenvalue weighted by Gasteiger charge is 2.34. The zero-order valence-corrected chi connectivity index (χ0v) is 13.7. The van der Waals surface area contributed by atoms with Crippen LogP contribution in [0.1, 0.15) is 53.3 Å². The van der Waals surface area contributed by atoms with Gasteiger partial charge in [0.15, 0.2) is 0 Å². The number of likely N-dealkylation sites (tertiary alicyclic amines) is 1. The standard InChI is InChI=1S/C16H21N5O2/c1-4-11-15(10(2)23-20-11)16(22)21-7-5-6-13(21)12-8-18-9-14(17-3)19-12/h8-9,13H,4-7H2,1-3H3,(H,17,19)/t13-/m1/s1. The SMILES string of the molecule is CCc1noc(C)c1C(=O)N1CCC[C@@H]1c1cncc(NC)n1. The number of amides is 1. The molecule has 1 aliphatic heterocycles. The predicted molar refractivity (Wildman–Crippen MR) is 85.2 cm³/mol. The summed E-state index contributed by atoms with van der Waals surface area (Å²) in [5.74, 6) is 1.25. The molecule has 3 rings (SSSR count). The summed E-state index contributed by atoms with van der Waals surface area (Å²) in [6.45, 7) is 4.46. The van der Waals surface area contributed by atoms with Crippen LogP contribution in [0, 0.1) is 6.92 Å². The maximum atomic E-state index is 13.0. The van der Waals surface area contributed by atoms with Gasteiger partial charge in [-0.3, -0.25) is 9.78 Å². The van der Waals surface area contributed by atoms with Crippen molar-refractivity contribution in [3.63, 3.8) is 0 Å². The Balaban J connectivity index is 1.92. The molecule has 0 spiro atoms. The molecule has 23 heavy (non-hydrogen) atoms. The number of hydrogen-bond acceptors (Lipinski definition) is 6. The number of rotatable bonds is 4. The number of aryl methyl sites for hydroxylation is 2. The molecule has 1 amide bonds. The van der Waals surface area contributed by atoms with Gasteiger partial charge in [-0.05, 0) is 26.2 Å². The van der Waals surface area contributed by atoms with Crippen molar-refractivity contribution < 1.29 is 9.32 Å². The van der Waals surface area contributed by atoms with E-state index in [2.05, 4.69) is 20.4 Å². The van der Waals surface area contributed by atoms with Crippen molar-refractivity contribution >= 4 is 11.7 Å². The van der Waals surface area contributed by atoms with Gasteiger partial charge in [-0.2, -0.15) is 0 Å². The molecule has 1 saturated heterocycles. The first-order valence-corrected chi connectivity index (χ1v) is 7.91. The van der Waals surface area contributed by atoms with Crippen LogP contribution in [0.5, 0.6) is 0 Å². The van der Waals surface area contributed by atoms with Crippen LogP contribution in [0.3, 0.4) is 0 Å². The van der Waals surface area contributed by atoms with Gasteiger partial charge >= 0.3 is 0 Å². The topological polar surface area (TPSA) is 84.2 Å². The number of aromatic nitrogens is 3. The van der Waals surface area contributed by atoms with Crippen LogP contribution in [0.25, 0.3) is 0 Å². The molecule has 7 nitrogen and oxygen atoms in total. The normalized spacial score (nSPS) is 17.5. The highest BCUT2D eigenvalue weighted by atomic mass is 16.5. The maximum absolute atomic E-state index is 13.0. The first-order valence-electron chi connectivity index (χ1n) is 7.91. The van der Waals surface area contributed by atoms with E-state index in [0.29, 0.717) is 35.8 Å². The largest absolute Gasteiger partial charge is 0.372 e. The number of anilines is 1. The Morgan fingerprint density at radius 2 is 2.30 bits per heavy atom. The van der Waals surface area contributed by atoms with Gasteiger partial charge in [0.2, 0.25) is 0 Å². The molecule has 3 heterocycles. The van der Waals surface area contributed by atoms with Crippen molar-refractivity contribution in [1.82, 2.24) is 20.0 Å². The van der Waals surface area contributed by atoms with Gasteiger partial charge in [0.25, 0.3) is 5.91 Å². The zero-order valence-electron chi connectivity index (χ0n) is 13.7. The van der Waals surface area contributed by atoms with Crippen LogP contribution >= 0.6 is 0 Å². The fourth-order valence-electron chi connectivity index (χ4n) is 3.06. The first kappa shape index (κ1) is 15.5. The summed E-state index contributed by atoms with van der Waals surface area (Å²) in [6.07, 6.45) is 5.92. The molecule has 7 heteroatoms. The van der Waals surface area contributed by atoms with Crippen LogP contribution < -0.4 is 5.32 Å². The second kappa shape index (κ2) is 6.36. The van der Waals surface area contributed by atoms with Gasteiger partial charge in [0, 0.05) is 13.6 Å². The van der Waals surface area contributed by atoms with Gasteiger partial charge in [-0.1, -0.05) is 12.1 Å². The number of carbonyl (C=O) groups is 1. The lowest BCUT2D eigenvalue weighted by Crippen LogP contribution is -2.32. The predicted octanol–water partition coefficient (Wildman–Crippen LogP) is 2.35. The molecule has 2 aromatic heterocycles. The van der Waals surface area contributed by atoms with E-state index >= 15 is 0 Å². The molecular formula is C16H21N5O2. The van der Waals surface area contributed by atoms with Gasteiger partial charge in [-0.25, -0.2) is 4.98 Å². The smallest absolute Gasteiger partial charge is 0.259 e. The quantitative estimate of drug-likeness (QED) is 0.932. The molecular weight excluding hydrogens is 294 g/mol. The average molecular weight is 315 g/mol. The van der Waals surface area contributed by atoms with Crippen LogP contribution in [0.2, 0.25) is 0 Å². The van der Waals surface area contributed by atoms with E-state index in [0.717, 1.165) is 18.5 Å². The molecule has 1 aliphatic rings. The highest BCUT2D eigenvalue weighted by Crippen LogP contribution is 2.33. The fourth-order valence-corrected chi connectivity index (χ4v) is 3.06. The Kier molecular flexibility index (Phi) is 4.27. The van der Waals surface area contributed by atoms with Crippen LogP contribution in [0.15, 0.2) is 16.9 Å². The highest BCUT2D eigenvalue weighted by molar-refractivity contribution is 5.96. The third-order valence-corrected chi connectivity index (χ3v) is 4.25. The number of nitrogens with zero attached hydrogens (tertiary/aromatic N) is 4. The van der Waals surface area contributed by atoms with Crippen molar-refractivity contribution in [2.75, 3.05) is 18.9 Å². The lowest BCUT2D eigenvalue weighted by molar-refractivity contribution is 0.0730. The van der Waals surface area contributed by atoms with Crippen LogP contribution in [0.4, 0.5) is 5.82 Å². The number of hydrogen-bond donors (Lipinski definition) is 1. The van der Waals surface area contributed by atoms with E-state index in [4.69, 9.17) is 4.52 Å². The van der Waals surface area contributed by atoms with Gasteiger partial charge in [0.1, 0.15) is 17.1 Å². The molecule has 0 aromatic carbocycles. The number of carbonyl (C=O) groups excluding carboxylic acids is 1.